The second-order valence-electron chi connectivity index (χ2n) is 13.7. The fraction of sp³-hybridized carbons (Fsp3) is 0.459. The second kappa shape index (κ2) is 17.9. The van der Waals surface area contributed by atoms with Crippen LogP contribution < -0.4 is 0 Å². The van der Waals surface area contributed by atoms with E-state index in [2.05, 4.69) is 0 Å². The molecule has 0 amide bonds. The normalized spacial score (nSPS) is 15.6. The number of esters is 1. The predicted molar refractivity (Wildman–Crippen MR) is 179 cm³/mol. The van der Waals surface area contributed by atoms with Crippen LogP contribution in [0, 0.1) is 10.1 Å². The standard InChI is InChI=1S/C37H43F6N3O7/c1-45(25-29-11-17-33(18-12-29)44(49)50,24-28-7-13-31(14-8-28)36(38,39)40)22-23-51-35(48)53-27-52-34(47)6-5-21-46(19-3-2-4-20-46)26-30-9-15-32(16-10-30)37(41,42)43/h7-18H,2-6,19-27H2,1H3/q+2. The number of quaternary nitrogens is 2. The van der Waals surface area contributed by atoms with Crippen LogP contribution in [0.1, 0.15) is 59.9 Å². The van der Waals surface area contributed by atoms with Gasteiger partial charge in [-0.25, -0.2) is 4.79 Å². The van der Waals surface area contributed by atoms with Gasteiger partial charge in [-0.2, -0.15) is 26.3 Å². The van der Waals surface area contributed by atoms with Gasteiger partial charge in [-0.1, -0.05) is 24.3 Å². The van der Waals surface area contributed by atoms with Crippen molar-refractivity contribution in [2.24, 2.45) is 0 Å². The Morgan fingerprint density at radius 2 is 1.26 bits per heavy atom. The third-order valence-corrected chi connectivity index (χ3v) is 9.38. The van der Waals surface area contributed by atoms with E-state index in [1.807, 2.05) is 0 Å². The Kier molecular flexibility index (Phi) is 13.9. The minimum Gasteiger partial charge on any atom is -0.428 e. The molecule has 0 aromatic heterocycles. The van der Waals surface area contributed by atoms with E-state index in [1.54, 1.807) is 19.2 Å². The van der Waals surface area contributed by atoms with Gasteiger partial charge < -0.3 is 23.2 Å². The highest BCUT2D eigenvalue weighted by atomic mass is 19.4. The summed E-state index contributed by atoms with van der Waals surface area (Å²) in [6.45, 7) is 2.79. The van der Waals surface area contributed by atoms with E-state index in [0.29, 0.717) is 41.7 Å². The first-order chi connectivity index (χ1) is 25.0. The summed E-state index contributed by atoms with van der Waals surface area (Å²) >= 11 is 0. The van der Waals surface area contributed by atoms with Gasteiger partial charge in [0.1, 0.15) is 32.8 Å². The summed E-state index contributed by atoms with van der Waals surface area (Å²) in [6, 6.07) is 15.7. The number of nitrogens with zero attached hydrogens (tertiary/aromatic N) is 3. The Bertz CT molecular complexity index is 1660. The molecule has 0 saturated carbocycles. The molecule has 16 heteroatoms. The number of halogens is 6. The summed E-state index contributed by atoms with van der Waals surface area (Å²) in [7, 11) is 1.80. The third-order valence-electron chi connectivity index (χ3n) is 9.38. The third kappa shape index (κ3) is 13.0. The summed E-state index contributed by atoms with van der Waals surface area (Å²) < 4.78 is 94.2. The highest BCUT2D eigenvalue weighted by molar-refractivity contribution is 5.69. The van der Waals surface area contributed by atoms with Crippen LogP contribution in [0.15, 0.2) is 72.8 Å². The number of nitro groups is 1. The van der Waals surface area contributed by atoms with Crippen LogP contribution in [0.5, 0.6) is 0 Å². The molecule has 0 N–H and O–H groups in total. The molecule has 53 heavy (non-hydrogen) atoms. The monoisotopic (exact) mass is 755 g/mol. The van der Waals surface area contributed by atoms with Crippen molar-refractivity contribution in [3.05, 3.63) is 111 Å². The molecule has 1 aliphatic heterocycles. The second-order valence-corrected chi connectivity index (χ2v) is 13.7. The van der Waals surface area contributed by atoms with Crippen LogP contribution in [0.2, 0.25) is 0 Å². The maximum Gasteiger partial charge on any atom is 0.511 e. The molecule has 0 bridgehead atoms. The van der Waals surface area contributed by atoms with Crippen molar-refractivity contribution in [3.8, 4) is 0 Å². The van der Waals surface area contributed by atoms with Crippen molar-refractivity contribution in [2.75, 3.05) is 46.6 Å². The number of alkyl halides is 6. The fourth-order valence-electron chi connectivity index (χ4n) is 6.61. The van der Waals surface area contributed by atoms with Crippen LogP contribution in [0.25, 0.3) is 0 Å². The number of carbonyl (C=O) groups excluding carboxylic acids is 2. The zero-order valence-electron chi connectivity index (χ0n) is 29.3. The molecule has 3 aromatic rings. The molecule has 0 radical (unpaired) electrons. The maximum absolute atomic E-state index is 13.1. The number of non-ortho nitro benzene ring substituents is 1. The molecule has 1 saturated heterocycles. The van der Waals surface area contributed by atoms with Crippen LogP contribution in [-0.2, 0) is 51.0 Å². The van der Waals surface area contributed by atoms with Gasteiger partial charge in [-0.3, -0.25) is 14.9 Å². The maximum atomic E-state index is 13.1. The summed E-state index contributed by atoms with van der Waals surface area (Å²) in [4.78, 5) is 35.2. The molecule has 1 aliphatic rings. The number of hydrogen-bond donors (Lipinski definition) is 0. The lowest BCUT2D eigenvalue weighted by atomic mass is 10.0. The minimum absolute atomic E-state index is 0.0495. The predicted octanol–water partition coefficient (Wildman–Crippen LogP) is 8.41. The molecule has 288 valence electrons. The number of benzene rings is 3. The lowest BCUT2D eigenvalue weighted by molar-refractivity contribution is -0.945. The van der Waals surface area contributed by atoms with Crippen LogP contribution in [0.3, 0.4) is 0 Å². The smallest absolute Gasteiger partial charge is 0.428 e. The number of hydrogen-bond acceptors (Lipinski definition) is 7. The average molecular weight is 756 g/mol. The largest absolute Gasteiger partial charge is 0.511 e. The van der Waals surface area contributed by atoms with Gasteiger partial charge in [0, 0.05) is 35.2 Å². The van der Waals surface area contributed by atoms with Crippen LogP contribution in [0.4, 0.5) is 36.8 Å². The lowest BCUT2D eigenvalue weighted by Gasteiger charge is -2.42. The van der Waals surface area contributed by atoms with Crippen molar-refractivity contribution in [1.29, 1.82) is 0 Å². The highest BCUT2D eigenvalue weighted by Gasteiger charge is 2.33. The molecular weight excluding hydrogens is 712 g/mol. The number of likely N-dealkylation sites (N-methyl/N-ethyl adjacent to an activating group) is 1. The van der Waals surface area contributed by atoms with Crippen molar-refractivity contribution in [3.63, 3.8) is 0 Å². The van der Waals surface area contributed by atoms with Crippen molar-refractivity contribution in [2.45, 2.75) is 64.1 Å². The summed E-state index contributed by atoms with van der Waals surface area (Å²) in [5, 5.41) is 11.1. The molecule has 4 rings (SSSR count). The van der Waals surface area contributed by atoms with Gasteiger partial charge >= 0.3 is 24.5 Å². The Morgan fingerprint density at radius 1 is 0.755 bits per heavy atom. The zero-order valence-corrected chi connectivity index (χ0v) is 29.3. The number of carbonyl (C=O) groups is 2. The number of likely N-dealkylation sites (tertiary alicyclic amines) is 1. The molecule has 1 heterocycles. The van der Waals surface area contributed by atoms with Crippen molar-refractivity contribution < 1.29 is 64.0 Å². The quantitative estimate of drug-likeness (QED) is 0.0361. The van der Waals surface area contributed by atoms with Crippen molar-refractivity contribution >= 4 is 17.8 Å². The van der Waals surface area contributed by atoms with E-state index >= 15 is 0 Å². The van der Waals surface area contributed by atoms with E-state index in [1.165, 1.54) is 36.4 Å². The fourth-order valence-corrected chi connectivity index (χ4v) is 6.61. The van der Waals surface area contributed by atoms with Gasteiger partial charge in [-0.05, 0) is 55.7 Å². The zero-order chi connectivity index (χ0) is 38.7. The highest BCUT2D eigenvalue weighted by Crippen LogP contribution is 2.31. The molecule has 1 fully saturated rings. The number of ether oxygens (including phenoxy) is 3. The Balaban J connectivity index is 1.23. The number of piperidine rings is 1. The van der Waals surface area contributed by atoms with E-state index < -0.39 is 47.3 Å². The SMILES string of the molecule is C[N+](CCOC(=O)OCOC(=O)CCC[N+]1(Cc2ccc(C(F)(F)F)cc2)CCCCC1)(Cc1ccc([N+](=O)[O-])cc1)Cc1ccc(C(F)(F)F)cc1. The van der Waals surface area contributed by atoms with E-state index in [9.17, 15) is 46.0 Å². The van der Waals surface area contributed by atoms with Crippen LogP contribution >= 0.6 is 0 Å². The Morgan fingerprint density at radius 3 is 1.77 bits per heavy atom. The van der Waals surface area contributed by atoms with Gasteiger partial charge in [0.05, 0.1) is 49.2 Å². The molecule has 0 spiro atoms. The Hall–Kier alpha value is -4.70. The number of rotatable bonds is 16. The topological polar surface area (TPSA) is 105 Å². The molecule has 0 aliphatic carbocycles. The average Bonchev–Trinajstić information content (AvgIpc) is 3.08. The van der Waals surface area contributed by atoms with E-state index in [0.717, 1.165) is 62.2 Å². The minimum atomic E-state index is -4.49. The lowest BCUT2D eigenvalue weighted by Crippen LogP contribution is -2.51. The molecular formula is C37H43F6N3O7+2. The first-order valence-corrected chi connectivity index (χ1v) is 17.1. The van der Waals surface area contributed by atoms with E-state index in [4.69, 9.17) is 14.2 Å². The summed E-state index contributed by atoms with van der Waals surface area (Å²) in [5.74, 6) is -0.591. The summed E-state index contributed by atoms with van der Waals surface area (Å²) in [6.07, 6.45) is -6.45. The summed E-state index contributed by atoms with van der Waals surface area (Å²) in [5.41, 5.74) is 0.508. The van der Waals surface area contributed by atoms with Gasteiger partial charge in [0.15, 0.2) is 0 Å². The van der Waals surface area contributed by atoms with Crippen LogP contribution in [-0.4, -0.2) is 72.6 Å². The van der Waals surface area contributed by atoms with Gasteiger partial charge in [0.25, 0.3) is 5.69 Å². The van der Waals surface area contributed by atoms with Gasteiger partial charge in [0.2, 0.25) is 6.79 Å². The molecule has 10 nitrogen and oxygen atoms in total. The molecule has 3 aromatic carbocycles. The Labute approximate surface area is 303 Å². The first kappa shape index (κ1) is 41.1. The van der Waals surface area contributed by atoms with Crippen molar-refractivity contribution in [1.82, 2.24) is 0 Å². The number of nitro benzene ring substituents is 1. The first-order valence-electron chi connectivity index (χ1n) is 17.1. The molecule has 1 unspecified atom stereocenters. The van der Waals surface area contributed by atoms with E-state index in [-0.39, 0.29) is 36.3 Å². The van der Waals surface area contributed by atoms with Gasteiger partial charge in [-0.15, -0.1) is 0 Å². The molecule has 1 atom stereocenters.